The summed E-state index contributed by atoms with van der Waals surface area (Å²) in [5, 5.41) is 2.75. The van der Waals surface area contributed by atoms with Crippen molar-refractivity contribution in [1.29, 1.82) is 0 Å². The highest BCUT2D eigenvalue weighted by Crippen LogP contribution is 2.44. The van der Waals surface area contributed by atoms with E-state index in [1.54, 1.807) is 0 Å². The molecule has 34 heavy (non-hydrogen) atoms. The predicted molar refractivity (Wildman–Crippen MR) is 120 cm³/mol. The Morgan fingerprint density at radius 1 is 1.03 bits per heavy atom. The first-order valence-electron chi connectivity index (χ1n) is 11.1. The fraction of sp³-hybridized carbons (Fsp3) is 0.360. The number of rotatable bonds is 5. The van der Waals surface area contributed by atoms with Gasteiger partial charge in [-0.15, -0.1) is 0 Å². The van der Waals surface area contributed by atoms with Crippen LogP contribution < -0.4 is 5.32 Å². The van der Waals surface area contributed by atoms with Gasteiger partial charge in [-0.2, -0.15) is 0 Å². The van der Waals surface area contributed by atoms with Crippen molar-refractivity contribution in [2.45, 2.75) is 57.3 Å². The van der Waals surface area contributed by atoms with Gasteiger partial charge in [0, 0.05) is 54.4 Å². The predicted octanol–water partition coefficient (Wildman–Crippen LogP) is 6.49. The number of nitrogens with zero attached hydrogens (tertiary/aromatic N) is 3. The Kier molecular flexibility index (Phi) is 6.63. The van der Waals surface area contributed by atoms with E-state index in [0.29, 0.717) is 11.5 Å². The number of hydrogen-bond acceptors (Lipinski definition) is 4. The first-order valence-corrected chi connectivity index (χ1v) is 11.1. The zero-order chi connectivity index (χ0) is 24.5. The van der Waals surface area contributed by atoms with Gasteiger partial charge in [-0.1, -0.05) is 13.8 Å². The number of aromatic nitrogens is 3. The van der Waals surface area contributed by atoms with E-state index in [0.717, 1.165) is 18.2 Å². The highest BCUT2D eigenvalue weighted by Gasteiger charge is 2.37. The smallest absolute Gasteiger partial charge is 0.258 e. The Morgan fingerprint density at radius 2 is 1.71 bits per heavy atom. The van der Waals surface area contributed by atoms with Crippen molar-refractivity contribution in [3.05, 3.63) is 71.6 Å². The van der Waals surface area contributed by atoms with E-state index in [9.17, 15) is 22.4 Å². The van der Waals surface area contributed by atoms with Crippen LogP contribution in [0.3, 0.4) is 0 Å². The zero-order valence-electron chi connectivity index (χ0n) is 18.8. The third-order valence-electron chi connectivity index (χ3n) is 5.99. The number of pyridine rings is 1. The number of benzene rings is 1. The van der Waals surface area contributed by atoms with Gasteiger partial charge in [-0.3, -0.25) is 9.78 Å². The van der Waals surface area contributed by atoms with Gasteiger partial charge in [-0.05, 0) is 37.1 Å². The number of carbonyl (C=O) groups excluding carboxylic acids is 1. The normalized spacial score (nSPS) is 16.0. The molecule has 0 aliphatic heterocycles. The first-order chi connectivity index (χ1) is 16.1. The quantitative estimate of drug-likeness (QED) is 0.431. The second-order valence-electron chi connectivity index (χ2n) is 8.81. The SMILES string of the molecule is CC(C)c1ncc(C(=O)Nc2c(-c3cc(F)ccc3F)ccnc2C2CCC(F)(F)CC2)cn1. The Bertz CT molecular complexity index is 1190. The van der Waals surface area contributed by atoms with Gasteiger partial charge >= 0.3 is 0 Å². The van der Waals surface area contributed by atoms with Crippen LogP contribution in [0.5, 0.6) is 0 Å². The molecule has 0 spiro atoms. The van der Waals surface area contributed by atoms with Crippen LogP contribution in [0.4, 0.5) is 23.2 Å². The first kappa shape index (κ1) is 23.8. The molecule has 5 nitrogen and oxygen atoms in total. The second-order valence-corrected chi connectivity index (χ2v) is 8.81. The zero-order valence-corrected chi connectivity index (χ0v) is 18.8. The molecule has 0 atom stereocenters. The number of carbonyl (C=O) groups is 1. The lowest BCUT2D eigenvalue weighted by atomic mass is 9.83. The van der Waals surface area contributed by atoms with Crippen molar-refractivity contribution in [1.82, 2.24) is 15.0 Å². The number of hydrogen-bond donors (Lipinski definition) is 1. The molecule has 9 heteroatoms. The maximum absolute atomic E-state index is 14.7. The minimum atomic E-state index is -2.75. The van der Waals surface area contributed by atoms with Crippen molar-refractivity contribution in [3.63, 3.8) is 0 Å². The van der Waals surface area contributed by atoms with Gasteiger partial charge in [-0.25, -0.2) is 27.5 Å². The molecule has 1 fully saturated rings. The summed E-state index contributed by atoms with van der Waals surface area (Å²) in [6, 6.07) is 4.48. The second kappa shape index (κ2) is 9.48. The number of alkyl halides is 2. The minimum Gasteiger partial charge on any atom is -0.320 e. The van der Waals surface area contributed by atoms with Crippen LogP contribution in [0.2, 0.25) is 0 Å². The van der Waals surface area contributed by atoms with E-state index in [4.69, 9.17) is 0 Å². The summed E-state index contributed by atoms with van der Waals surface area (Å²) in [6.07, 6.45) is 3.88. The molecule has 2 aromatic heterocycles. The number of nitrogens with one attached hydrogen (secondary N) is 1. The fourth-order valence-corrected chi connectivity index (χ4v) is 4.10. The third-order valence-corrected chi connectivity index (χ3v) is 5.99. The molecule has 4 rings (SSSR count). The Hall–Kier alpha value is -3.36. The third kappa shape index (κ3) is 5.08. The average molecular weight is 472 g/mol. The van der Waals surface area contributed by atoms with E-state index in [1.165, 1.54) is 24.7 Å². The summed E-state index contributed by atoms with van der Waals surface area (Å²) in [7, 11) is 0. The molecule has 1 N–H and O–H groups in total. The van der Waals surface area contributed by atoms with E-state index in [2.05, 4.69) is 20.3 Å². The summed E-state index contributed by atoms with van der Waals surface area (Å²) in [4.78, 5) is 25.8. The van der Waals surface area contributed by atoms with Crippen LogP contribution in [-0.4, -0.2) is 26.8 Å². The Labute approximate surface area is 194 Å². The largest absolute Gasteiger partial charge is 0.320 e. The van der Waals surface area contributed by atoms with Gasteiger partial charge in [0.05, 0.1) is 16.9 Å². The van der Waals surface area contributed by atoms with Crippen LogP contribution in [0.25, 0.3) is 11.1 Å². The molecule has 2 heterocycles. The molecular weight excluding hydrogens is 448 g/mol. The molecule has 0 bridgehead atoms. The monoisotopic (exact) mass is 472 g/mol. The minimum absolute atomic E-state index is 0.0634. The molecule has 1 amide bonds. The van der Waals surface area contributed by atoms with Gasteiger partial charge < -0.3 is 5.32 Å². The molecule has 1 aliphatic carbocycles. The van der Waals surface area contributed by atoms with Crippen LogP contribution in [0.15, 0.2) is 42.9 Å². The maximum atomic E-state index is 14.7. The maximum Gasteiger partial charge on any atom is 0.258 e. The van der Waals surface area contributed by atoms with Crippen LogP contribution in [0.1, 0.15) is 73.2 Å². The highest BCUT2D eigenvalue weighted by molar-refractivity contribution is 6.06. The van der Waals surface area contributed by atoms with Crippen molar-refractivity contribution < 1.29 is 22.4 Å². The summed E-state index contributed by atoms with van der Waals surface area (Å²) >= 11 is 0. The fourth-order valence-electron chi connectivity index (χ4n) is 4.10. The van der Waals surface area contributed by atoms with Crippen molar-refractivity contribution >= 4 is 11.6 Å². The molecule has 0 unspecified atom stereocenters. The molecule has 1 saturated carbocycles. The van der Waals surface area contributed by atoms with E-state index < -0.39 is 23.5 Å². The van der Waals surface area contributed by atoms with Gasteiger partial charge in [0.2, 0.25) is 5.92 Å². The number of amides is 1. The average Bonchev–Trinajstić information content (AvgIpc) is 2.81. The Balaban J connectivity index is 1.76. The van der Waals surface area contributed by atoms with E-state index in [-0.39, 0.29) is 59.9 Å². The van der Waals surface area contributed by atoms with Gasteiger partial charge in [0.25, 0.3) is 5.91 Å². The molecular formula is C25H24F4N4O. The molecule has 1 aliphatic rings. The summed E-state index contributed by atoms with van der Waals surface area (Å²) in [5.41, 5.74) is 0.851. The number of halogens is 4. The van der Waals surface area contributed by atoms with E-state index in [1.807, 2.05) is 13.8 Å². The molecule has 0 saturated heterocycles. The molecule has 0 radical (unpaired) electrons. The lowest BCUT2D eigenvalue weighted by Crippen LogP contribution is -2.25. The van der Waals surface area contributed by atoms with Crippen LogP contribution in [-0.2, 0) is 0 Å². The molecule has 3 aromatic rings. The van der Waals surface area contributed by atoms with Gasteiger partial charge in [0.15, 0.2) is 0 Å². The van der Waals surface area contributed by atoms with Gasteiger partial charge in [0.1, 0.15) is 17.5 Å². The lowest BCUT2D eigenvalue weighted by molar-refractivity contribution is -0.0384. The summed E-state index contributed by atoms with van der Waals surface area (Å²) in [5.74, 6) is -4.37. The summed E-state index contributed by atoms with van der Waals surface area (Å²) in [6.45, 7) is 3.84. The highest BCUT2D eigenvalue weighted by atomic mass is 19.3. The summed E-state index contributed by atoms with van der Waals surface area (Å²) < 4.78 is 56.2. The van der Waals surface area contributed by atoms with Crippen LogP contribution in [0, 0.1) is 11.6 Å². The molecule has 1 aromatic carbocycles. The Morgan fingerprint density at radius 3 is 2.35 bits per heavy atom. The van der Waals surface area contributed by atoms with Crippen molar-refractivity contribution in [3.8, 4) is 11.1 Å². The number of anilines is 1. The van der Waals surface area contributed by atoms with E-state index >= 15 is 0 Å². The van der Waals surface area contributed by atoms with Crippen molar-refractivity contribution in [2.24, 2.45) is 0 Å². The topological polar surface area (TPSA) is 67.8 Å². The standard InChI is InChI=1S/C25H24F4N4O/c1-14(2)23-31-12-16(13-32-23)24(34)33-22-18(19-11-17(26)3-4-20(19)27)7-10-30-21(22)15-5-8-25(28,29)9-6-15/h3-4,7,10-15H,5-6,8-9H2,1-2H3,(H,33,34). The lowest BCUT2D eigenvalue weighted by Gasteiger charge is -2.29. The van der Waals surface area contributed by atoms with Crippen molar-refractivity contribution in [2.75, 3.05) is 5.32 Å². The van der Waals surface area contributed by atoms with Crippen LogP contribution >= 0.6 is 0 Å². The molecule has 178 valence electrons.